The van der Waals surface area contributed by atoms with Gasteiger partial charge in [-0.2, -0.15) is 18.2 Å². The van der Waals surface area contributed by atoms with E-state index in [1.807, 2.05) is 0 Å². The molecule has 0 aliphatic heterocycles. The molecule has 61 valence electrons. The summed E-state index contributed by atoms with van der Waals surface area (Å²) in [7, 11) is 0. The van der Waals surface area contributed by atoms with Crippen LogP contribution in [0, 0.1) is 12.7 Å². The SMILES string of the molecule is [CH-]=CC(=O)C1=[C-]C(O)CC=C1.[Y]. The van der Waals surface area contributed by atoms with Crippen LogP contribution in [0.4, 0.5) is 0 Å². The quantitative estimate of drug-likeness (QED) is 0.563. The summed E-state index contributed by atoms with van der Waals surface area (Å²) in [6.45, 7) is 5.00. The number of allylic oxidation sites excluding steroid dienone is 3. The van der Waals surface area contributed by atoms with Gasteiger partial charge < -0.3 is 9.90 Å². The van der Waals surface area contributed by atoms with Gasteiger partial charge in [0, 0.05) is 38.8 Å². The van der Waals surface area contributed by atoms with Crippen molar-refractivity contribution in [3.63, 3.8) is 0 Å². The average Bonchev–Trinajstić information content (AvgIpc) is 2.03. The Morgan fingerprint density at radius 3 is 3.00 bits per heavy atom. The van der Waals surface area contributed by atoms with Crippen molar-refractivity contribution in [2.75, 3.05) is 0 Å². The zero-order chi connectivity index (χ0) is 8.27. The Morgan fingerprint density at radius 2 is 2.50 bits per heavy atom. The van der Waals surface area contributed by atoms with Gasteiger partial charge in [0.25, 0.3) is 0 Å². The van der Waals surface area contributed by atoms with Crippen LogP contribution in [0.25, 0.3) is 0 Å². The maximum Gasteiger partial charge on any atom is 0.0526 e. The number of hydrogen-bond acceptors (Lipinski definition) is 2. The van der Waals surface area contributed by atoms with Crippen molar-refractivity contribution in [3.8, 4) is 0 Å². The predicted molar refractivity (Wildman–Crippen MR) is 40.4 cm³/mol. The van der Waals surface area contributed by atoms with E-state index in [0.29, 0.717) is 12.0 Å². The van der Waals surface area contributed by atoms with Gasteiger partial charge >= 0.3 is 0 Å². The number of hydrogen-bond donors (Lipinski definition) is 1. The summed E-state index contributed by atoms with van der Waals surface area (Å²) < 4.78 is 0. The van der Waals surface area contributed by atoms with E-state index in [1.165, 1.54) is 0 Å². The minimum Gasteiger partial charge on any atom is -0.401 e. The van der Waals surface area contributed by atoms with E-state index in [9.17, 15) is 4.79 Å². The van der Waals surface area contributed by atoms with Gasteiger partial charge in [-0.05, 0) is 6.42 Å². The van der Waals surface area contributed by atoms with Crippen LogP contribution in [0.5, 0.6) is 0 Å². The Morgan fingerprint density at radius 1 is 1.83 bits per heavy atom. The second-order valence-electron chi connectivity index (χ2n) is 2.24. The van der Waals surface area contributed by atoms with E-state index in [2.05, 4.69) is 6.08 Å². The second-order valence-corrected chi connectivity index (χ2v) is 2.24. The molecule has 0 heterocycles. The van der Waals surface area contributed by atoms with Crippen LogP contribution in [0.15, 0.2) is 23.8 Å². The van der Waals surface area contributed by atoms with Crippen molar-refractivity contribution in [1.29, 1.82) is 0 Å². The molecule has 2 nitrogen and oxygen atoms in total. The molecule has 0 fully saturated rings. The molecule has 0 aromatic rings. The van der Waals surface area contributed by atoms with Crippen LogP contribution in [-0.4, -0.2) is 17.0 Å². The van der Waals surface area contributed by atoms with E-state index in [0.717, 1.165) is 6.08 Å². The zero-order valence-electron chi connectivity index (χ0n) is 6.53. The maximum absolute atomic E-state index is 10.9. The van der Waals surface area contributed by atoms with Crippen LogP contribution in [0.1, 0.15) is 6.42 Å². The van der Waals surface area contributed by atoms with Gasteiger partial charge in [-0.25, -0.2) is 0 Å². The third-order valence-corrected chi connectivity index (χ3v) is 1.38. The minimum atomic E-state index is -0.668. The monoisotopic (exact) mass is 237 g/mol. The number of aliphatic hydroxyl groups excluding tert-OH is 1. The third kappa shape index (κ3) is 3.14. The molecule has 0 bridgehead atoms. The van der Waals surface area contributed by atoms with Crippen molar-refractivity contribution in [1.82, 2.24) is 0 Å². The molecule has 12 heavy (non-hydrogen) atoms. The first-order chi connectivity index (χ1) is 5.24. The first-order valence-corrected chi connectivity index (χ1v) is 3.31. The third-order valence-electron chi connectivity index (χ3n) is 1.38. The van der Waals surface area contributed by atoms with Gasteiger partial charge in [0.15, 0.2) is 0 Å². The van der Waals surface area contributed by atoms with E-state index < -0.39 is 6.10 Å². The first kappa shape index (κ1) is 12.0. The minimum absolute atomic E-state index is 0. The molecule has 1 atom stereocenters. The van der Waals surface area contributed by atoms with Gasteiger partial charge in [-0.15, -0.1) is 11.6 Å². The largest absolute Gasteiger partial charge is 0.401 e. The van der Waals surface area contributed by atoms with Crippen molar-refractivity contribution in [2.45, 2.75) is 12.5 Å². The van der Waals surface area contributed by atoms with Gasteiger partial charge in [0.05, 0.1) is 5.78 Å². The van der Waals surface area contributed by atoms with Crippen LogP contribution < -0.4 is 0 Å². The van der Waals surface area contributed by atoms with Crippen molar-refractivity contribution in [2.24, 2.45) is 0 Å². The fraction of sp³-hybridized carbons (Fsp3) is 0.222. The maximum atomic E-state index is 10.9. The van der Waals surface area contributed by atoms with Crippen molar-refractivity contribution in [3.05, 3.63) is 36.5 Å². The topological polar surface area (TPSA) is 37.3 Å². The summed E-state index contributed by atoms with van der Waals surface area (Å²) in [5.41, 5.74) is 0.339. The Bertz CT molecular complexity index is 241. The summed E-state index contributed by atoms with van der Waals surface area (Å²) >= 11 is 0. The molecule has 1 aliphatic carbocycles. The summed E-state index contributed by atoms with van der Waals surface area (Å²) in [6, 6.07) is 0. The van der Waals surface area contributed by atoms with Crippen LogP contribution in [0.3, 0.4) is 0 Å². The number of carbonyl (C=O) groups is 1. The smallest absolute Gasteiger partial charge is 0.0526 e. The predicted octanol–water partition coefficient (Wildman–Crippen LogP) is 0.593. The summed E-state index contributed by atoms with van der Waals surface area (Å²) in [5, 5.41) is 9.03. The molecular formula is C9H8O2Y-2. The van der Waals surface area contributed by atoms with E-state index >= 15 is 0 Å². The molecule has 1 aliphatic rings. The summed E-state index contributed by atoms with van der Waals surface area (Å²) in [6.07, 6.45) is 6.73. The van der Waals surface area contributed by atoms with Gasteiger partial charge in [-0.1, -0.05) is 0 Å². The van der Waals surface area contributed by atoms with E-state index in [4.69, 9.17) is 11.7 Å². The number of carbonyl (C=O) groups excluding carboxylic acids is 1. The fourth-order valence-corrected chi connectivity index (χ4v) is 0.844. The molecular weight excluding hydrogens is 229 g/mol. The molecule has 1 unspecified atom stereocenters. The molecule has 0 amide bonds. The number of rotatable bonds is 2. The summed E-state index contributed by atoms with van der Waals surface area (Å²) in [4.78, 5) is 10.9. The molecule has 3 heteroatoms. The Hall–Kier alpha value is -0.0461. The Balaban J connectivity index is 0.00000121. The van der Waals surface area contributed by atoms with E-state index in [1.54, 1.807) is 12.2 Å². The van der Waals surface area contributed by atoms with Gasteiger partial charge in [0.2, 0.25) is 0 Å². The van der Waals surface area contributed by atoms with Crippen LogP contribution in [0.2, 0.25) is 0 Å². The molecule has 0 saturated heterocycles. The molecule has 1 N–H and O–H groups in total. The van der Waals surface area contributed by atoms with Crippen molar-refractivity contribution < 1.29 is 42.6 Å². The number of aliphatic hydroxyl groups is 1. The molecule has 0 aromatic heterocycles. The normalized spacial score (nSPS) is 20.8. The molecule has 1 rings (SSSR count). The standard InChI is InChI=1S/C9H8O2.Y/c1-2-9(11)7-4-3-5-8(10)6-7;/h1-4,8,10H,5H2;/q-2;. The Kier molecular flexibility index (Phi) is 5.55. The first-order valence-electron chi connectivity index (χ1n) is 3.31. The van der Waals surface area contributed by atoms with Crippen LogP contribution >= 0.6 is 0 Å². The molecule has 1 radical (unpaired) electrons. The molecule has 0 spiro atoms. The Labute approximate surface area is 96.9 Å². The summed E-state index contributed by atoms with van der Waals surface area (Å²) in [5.74, 6) is -0.306. The van der Waals surface area contributed by atoms with Gasteiger partial charge in [-0.3, -0.25) is 6.58 Å². The van der Waals surface area contributed by atoms with Crippen molar-refractivity contribution >= 4 is 5.78 Å². The second kappa shape index (κ2) is 5.57. The van der Waals surface area contributed by atoms with Crippen LogP contribution in [-0.2, 0) is 37.5 Å². The zero-order valence-corrected chi connectivity index (χ0v) is 9.36. The molecule has 0 saturated carbocycles. The average molecular weight is 237 g/mol. The number of ketones is 1. The van der Waals surface area contributed by atoms with Gasteiger partial charge in [0.1, 0.15) is 0 Å². The van der Waals surface area contributed by atoms with E-state index in [-0.39, 0.29) is 38.5 Å². The fourth-order valence-electron chi connectivity index (χ4n) is 0.844. The molecule has 0 aromatic carbocycles.